The fraction of sp³-hybridized carbons (Fsp3) is 0.636. The molecule has 0 saturated carbocycles. The lowest BCUT2D eigenvalue weighted by Gasteiger charge is -2.25. The van der Waals surface area contributed by atoms with Crippen molar-refractivity contribution in [2.45, 2.75) is 12.5 Å². The van der Waals surface area contributed by atoms with E-state index in [1.165, 1.54) is 0 Å². The molecule has 15 heavy (non-hydrogen) atoms. The van der Waals surface area contributed by atoms with Crippen molar-refractivity contribution in [3.05, 3.63) is 24.2 Å². The Morgan fingerprint density at radius 3 is 2.93 bits per heavy atom. The van der Waals surface area contributed by atoms with Crippen LogP contribution in [0.3, 0.4) is 0 Å². The third kappa shape index (κ3) is 3.66. The SMILES string of the molecule is COCCCN(C)C(CN)c1ccoc1. The molecule has 0 saturated heterocycles. The average Bonchev–Trinajstić information content (AvgIpc) is 2.73. The zero-order valence-corrected chi connectivity index (χ0v) is 9.48. The van der Waals surface area contributed by atoms with E-state index in [0.29, 0.717) is 6.54 Å². The average molecular weight is 212 g/mol. The molecule has 0 aliphatic rings. The van der Waals surface area contributed by atoms with Crippen molar-refractivity contribution < 1.29 is 9.15 Å². The van der Waals surface area contributed by atoms with E-state index in [2.05, 4.69) is 11.9 Å². The van der Waals surface area contributed by atoms with Gasteiger partial charge in [0.25, 0.3) is 0 Å². The van der Waals surface area contributed by atoms with Gasteiger partial charge in [-0.05, 0) is 19.5 Å². The molecule has 4 heteroatoms. The summed E-state index contributed by atoms with van der Waals surface area (Å²) >= 11 is 0. The van der Waals surface area contributed by atoms with Crippen LogP contribution in [0.5, 0.6) is 0 Å². The van der Waals surface area contributed by atoms with Crippen molar-refractivity contribution in [3.8, 4) is 0 Å². The molecular formula is C11H20N2O2. The summed E-state index contributed by atoms with van der Waals surface area (Å²) in [6, 6.07) is 2.20. The fourth-order valence-corrected chi connectivity index (χ4v) is 1.65. The van der Waals surface area contributed by atoms with E-state index in [1.807, 2.05) is 6.07 Å². The molecule has 0 aromatic carbocycles. The second-order valence-electron chi connectivity index (χ2n) is 3.64. The third-order valence-corrected chi connectivity index (χ3v) is 2.54. The van der Waals surface area contributed by atoms with E-state index in [1.54, 1.807) is 19.6 Å². The van der Waals surface area contributed by atoms with E-state index in [9.17, 15) is 0 Å². The molecule has 86 valence electrons. The monoisotopic (exact) mass is 212 g/mol. The van der Waals surface area contributed by atoms with Gasteiger partial charge in [-0.3, -0.25) is 4.90 Å². The molecule has 0 spiro atoms. The molecule has 2 N–H and O–H groups in total. The van der Waals surface area contributed by atoms with Crippen LogP contribution in [0.15, 0.2) is 23.0 Å². The van der Waals surface area contributed by atoms with Crippen LogP contribution in [0.4, 0.5) is 0 Å². The van der Waals surface area contributed by atoms with Gasteiger partial charge < -0.3 is 14.9 Å². The molecule has 4 nitrogen and oxygen atoms in total. The van der Waals surface area contributed by atoms with E-state index in [0.717, 1.165) is 25.1 Å². The van der Waals surface area contributed by atoms with Gasteiger partial charge >= 0.3 is 0 Å². The van der Waals surface area contributed by atoms with E-state index < -0.39 is 0 Å². The molecule has 1 unspecified atom stereocenters. The van der Waals surface area contributed by atoms with Crippen LogP contribution in [0, 0.1) is 0 Å². The maximum atomic E-state index is 5.75. The van der Waals surface area contributed by atoms with Gasteiger partial charge in [0.05, 0.1) is 12.5 Å². The number of hydrogen-bond donors (Lipinski definition) is 1. The van der Waals surface area contributed by atoms with Crippen LogP contribution in [0.25, 0.3) is 0 Å². The predicted octanol–water partition coefficient (Wildman–Crippen LogP) is 1.25. The minimum absolute atomic E-state index is 0.237. The maximum absolute atomic E-state index is 5.75. The second kappa shape index (κ2) is 6.61. The van der Waals surface area contributed by atoms with Crippen LogP contribution in [-0.4, -0.2) is 38.8 Å². The van der Waals surface area contributed by atoms with Crippen LogP contribution >= 0.6 is 0 Å². The predicted molar refractivity (Wildman–Crippen MR) is 59.6 cm³/mol. The first-order chi connectivity index (χ1) is 7.29. The number of nitrogens with two attached hydrogens (primary N) is 1. The Morgan fingerprint density at radius 2 is 2.40 bits per heavy atom. The van der Waals surface area contributed by atoms with Gasteiger partial charge in [-0.1, -0.05) is 0 Å². The lowest BCUT2D eigenvalue weighted by Crippen LogP contribution is -2.31. The van der Waals surface area contributed by atoms with E-state index in [4.69, 9.17) is 14.9 Å². The van der Waals surface area contributed by atoms with Crippen molar-refractivity contribution in [2.24, 2.45) is 5.73 Å². The summed E-state index contributed by atoms with van der Waals surface area (Å²) < 4.78 is 10.1. The lowest BCUT2D eigenvalue weighted by atomic mass is 10.1. The van der Waals surface area contributed by atoms with Crippen molar-refractivity contribution >= 4 is 0 Å². The maximum Gasteiger partial charge on any atom is 0.0950 e. The topological polar surface area (TPSA) is 51.6 Å². The zero-order chi connectivity index (χ0) is 11.1. The van der Waals surface area contributed by atoms with E-state index >= 15 is 0 Å². The van der Waals surface area contributed by atoms with Gasteiger partial charge in [0.15, 0.2) is 0 Å². The highest BCUT2D eigenvalue weighted by molar-refractivity contribution is 5.12. The number of likely N-dealkylation sites (N-methyl/N-ethyl adjacent to an activating group) is 1. The standard InChI is InChI=1S/C11H20N2O2/c1-13(5-3-6-14-2)11(8-12)10-4-7-15-9-10/h4,7,9,11H,3,5-6,8,12H2,1-2H3. The largest absolute Gasteiger partial charge is 0.472 e. The summed E-state index contributed by atoms with van der Waals surface area (Å²) in [4.78, 5) is 2.23. The highest BCUT2D eigenvalue weighted by atomic mass is 16.5. The quantitative estimate of drug-likeness (QED) is 0.691. The number of methoxy groups -OCH3 is 1. The number of hydrogen-bond acceptors (Lipinski definition) is 4. The van der Waals surface area contributed by atoms with Crippen molar-refractivity contribution in [1.82, 2.24) is 4.90 Å². The van der Waals surface area contributed by atoms with Crippen LogP contribution in [0.1, 0.15) is 18.0 Å². The van der Waals surface area contributed by atoms with Crippen LogP contribution in [0.2, 0.25) is 0 Å². The summed E-state index contributed by atoms with van der Waals surface area (Å²) in [7, 11) is 3.79. The summed E-state index contributed by atoms with van der Waals surface area (Å²) in [5, 5.41) is 0. The van der Waals surface area contributed by atoms with Gasteiger partial charge in [-0.2, -0.15) is 0 Å². The summed E-state index contributed by atoms with van der Waals surface area (Å²) in [5.74, 6) is 0. The normalized spacial score (nSPS) is 13.3. The first kappa shape index (κ1) is 12.2. The highest BCUT2D eigenvalue weighted by Crippen LogP contribution is 2.18. The van der Waals surface area contributed by atoms with Crippen molar-refractivity contribution in [1.29, 1.82) is 0 Å². The summed E-state index contributed by atoms with van der Waals surface area (Å²) in [6.07, 6.45) is 4.45. The van der Waals surface area contributed by atoms with Gasteiger partial charge in [0.2, 0.25) is 0 Å². The first-order valence-corrected chi connectivity index (χ1v) is 5.21. The van der Waals surface area contributed by atoms with Crippen LogP contribution < -0.4 is 5.73 Å². The molecule has 1 aromatic heterocycles. The Hall–Kier alpha value is -0.840. The van der Waals surface area contributed by atoms with Gasteiger partial charge in [0.1, 0.15) is 0 Å². The molecule has 0 amide bonds. The Bertz CT molecular complexity index is 249. The van der Waals surface area contributed by atoms with Crippen molar-refractivity contribution in [2.75, 3.05) is 33.9 Å². The number of nitrogens with zero attached hydrogens (tertiary/aromatic N) is 1. The molecule has 1 atom stereocenters. The second-order valence-corrected chi connectivity index (χ2v) is 3.64. The molecule has 1 heterocycles. The van der Waals surface area contributed by atoms with E-state index in [-0.39, 0.29) is 6.04 Å². The lowest BCUT2D eigenvalue weighted by molar-refractivity contribution is 0.166. The Labute approximate surface area is 91.0 Å². The number of rotatable bonds is 7. The Kier molecular flexibility index (Phi) is 5.39. The zero-order valence-electron chi connectivity index (χ0n) is 9.48. The smallest absolute Gasteiger partial charge is 0.0950 e. The molecule has 0 aliphatic heterocycles. The van der Waals surface area contributed by atoms with Crippen molar-refractivity contribution in [3.63, 3.8) is 0 Å². The molecule has 0 bridgehead atoms. The minimum Gasteiger partial charge on any atom is -0.472 e. The third-order valence-electron chi connectivity index (χ3n) is 2.54. The van der Waals surface area contributed by atoms with Gasteiger partial charge in [-0.15, -0.1) is 0 Å². The highest BCUT2D eigenvalue weighted by Gasteiger charge is 2.15. The first-order valence-electron chi connectivity index (χ1n) is 5.21. The number of furan rings is 1. The van der Waals surface area contributed by atoms with Gasteiger partial charge in [0, 0.05) is 38.4 Å². The Balaban J connectivity index is 2.44. The minimum atomic E-state index is 0.237. The molecule has 0 radical (unpaired) electrons. The number of ether oxygens (including phenoxy) is 1. The molecule has 1 rings (SSSR count). The fourth-order valence-electron chi connectivity index (χ4n) is 1.65. The van der Waals surface area contributed by atoms with Gasteiger partial charge in [-0.25, -0.2) is 0 Å². The summed E-state index contributed by atoms with van der Waals surface area (Å²) in [5.41, 5.74) is 6.89. The van der Waals surface area contributed by atoms with Crippen LogP contribution in [-0.2, 0) is 4.74 Å². The molecule has 1 aromatic rings. The molecular weight excluding hydrogens is 192 g/mol. The summed E-state index contributed by atoms with van der Waals surface area (Å²) in [6.45, 7) is 2.36. The Morgan fingerprint density at radius 1 is 1.60 bits per heavy atom. The molecule has 0 fully saturated rings. The molecule has 0 aliphatic carbocycles.